The Hall–Kier alpha value is -4.01. The summed E-state index contributed by atoms with van der Waals surface area (Å²) in [5.41, 5.74) is 5.04. The molecule has 1 fully saturated rings. The number of carbonyl (C=O) groups excluding carboxylic acids is 2. The van der Waals surface area contributed by atoms with E-state index < -0.39 is 0 Å². The number of hydrogen-bond donors (Lipinski definition) is 4. The minimum absolute atomic E-state index is 0.0192. The van der Waals surface area contributed by atoms with E-state index in [1.807, 2.05) is 38.1 Å². The van der Waals surface area contributed by atoms with Crippen molar-refractivity contribution in [2.45, 2.75) is 26.7 Å². The maximum absolute atomic E-state index is 12.5. The number of amides is 2. The number of H-pyrrole nitrogens is 2. The second-order valence-corrected chi connectivity index (χ2v) is 7.81. The van der Waals surface area contributed by atoms with E-state index in [1.54, 1.807) is 12.4 Å². The number of rotatable bonds is 5. The maximum Gasteiger partial charge on any atom is 0.276 e. The molecule has 0 atom stereocenters. The Bertz CT molecular complexity index is 1320. The van der Waals surface area contributed by atoms with E-state index in [2.05, 4.69) is 35.8 Å². The molecule has 0 spiro atoms. The quantitative estimate of drug-likeness (QED) is 0.396. The lowest BCUT2D eigenvalue weighted by molar-refractivity contribution is -0.117. The van der Waals surface area contributed by atoms with Crippen molar-refractivity contribution in [3.63, 3.8) is 0 Å². The number of aromatic nitrogens is 5. The highest BCUT2D eigenvalue weighted by molar-refractivity contribution is 6.04. The molecule has 0 saturated heterocycles. The molecule has 1 aliphatic carbocycles. The Morgan fingerprint density at radius 1 is 1.10 bits per heavy atom. The third-order valence-electron chi connectivity index (χ3n) is 5.47. The largest absolute Gasteiger partial charge is 0.339 e. The smallest absolute Gasteiger partial charge is 0.276 e. The fourth-order valence-electron chi connectivity index (χ4n) is 3.38. The third-order valence-corrected chi connectivity index (χ3v) is 5.47. The van der Waals surface area contributed by atoms with Crippen molar-refractivity contribution in [1.82, 2.24) is 25.1 Å². The number of aryl methyl sites for hydroxylation is 1. The van der Waals surface area contributed by atoms with Crippen LogP contribution in [-0.4, -0.2) is 37.0 Å². The Labute approximate surface area is 177 Å². The van der Waals surface area contributed by atoms with Crippen molar-refractivity contribution in [3.8, 4) is 11.3 Å². The van der Waals surface area contributed by atoms with Gasteiger partial charge in [-0.05, 0) is 51.0 Å². The average Bonchev–Trinajstić information content (AvgIpc) is 3.44. The molecule has 31 heavy (non-hydrogen) atoms. The SMILES string of the molecule is Cc1[nH]nc(C(=O)Nc2cnc3[nH]c(-c4ccnc(NC(=O)C5CC5)c4)cc3c2)c1C. The highest BCUT2D eigenvalue weighted by Crippen LogP contribution is 2.31. The number of hydrogen-bond acceptors (Lipinski definition) is 5. The molecule has 4 aromatic heterocycles. The topological polar surface area (TPSA) is 128 Å². The first-order valence-corrected chi connectivity index (χ1v) is 10.1. The van der Waals surface area contributed by atoms with Crippen LogP contribution in [0.1, 0.15) is 34.6 Å². The molecular weight excluding hydrogens is 394 g/mol. The van der Waals surface area contributed by atoms with E-state index in [9.17, 15) is 9.59 Å². The van der Waals surface area contributed by atoms with Crippen LogP contribution < -0.4 is 10.6 Å². The molecule has 4 N–H and O–H groups in total. The van der Waals surface area contributed by atoms with Crippen molar-refractivity contribution in [1.29, 1.82) is 0 Å². The normalized spacial score (nSPS) is 13.4. The van der Waals surface area contributed by atoms with Gasteiger partial charge in [-0.3, -0.25) is 14.7 Å². The second kappa shape index (κ2) is 7.35. The highest BCUT2D eigenvalue weighted by Gasteiger charge is 2.29. The summed E-state index contributed by atoms with van der Waals surface area (Å²) >= 11 is 0. The molecule has 0 unspecified atom stereocenters. The van der Waals surface area contributed by atoms with Gasteiger partial charge in [0.15, 0.2) is 5.69 Å². The van der Waals surface area contributed by atoms with Crippen LogP contribution in [0.15, 0.2) is 36.7 Å². The average molecular weight is 415 g/mol. The predicted molar refractivity (Wildman–Crippen MR) is 117 cm³/mol. The third kappa shape index (κ3) is 3.77. The zero-order valence-electron chi connectivity index (χ0n) is 17.1. The molecule has 1 saturated carbocycles. The Kier molecular flexibility index (Phi) is 4.50. The maximum atomic E-state index is 12.5. The van der Waals surface area contributed by atoms with Gasteiger partial charge in [-0.15, -0.1) is 0 Å². The first-order valence-electron chi connectivity index (χ1n) is 10.1. The fourth-order valence-corrected chi connectivity index (χ4v) is 3.38. The van der Waals surface area contributed by atoms with Crippen LogP contribution in [-0.2, 0) is 4.79 Å². The number of nitrogens with one attached hydrogen (secondary N) is 4. The minimum atomic E-state index is -0.288. The van der Waals surface area contributed by atoms with Gasteiger partial charge in [0.1, 0.15) is 11.5 Å². The summed E-state index contributed by atoms with van der Waals surface area (Å²) in [7, 11) is 0. The molecular formula is C22H21N7O2. The molecule has 5 rings (SSSR count). The summed E-state index contributed by atoms with van der Waals surface area (Å²) < 4.78 is 0. The number of pyridine rings is 2. The van der Waals surface area contributed by atoms with Gasteiger partial charge in [-0.25, -0.2) is 9.97 Å². The van der Waals surface area contributed by atoms with Crippen molar-refractivity contribution in [2.24, 2.45) is 5.92 Å². The molecule has 0 radical (unpaired) electrons. The molecule has 9 heteroatoms. The van der Waals surface area contributed by atoms with Crippen molar-refractivity contribution < 1.29 is 9.59 Å². The van der Waals surface area contributed by atoms with Crippen molar-refractivity contribution in [3.05, 3.63) is 53.6 Å². The lowest BCUT2D eigenvalue weighted by Crippen LogP contribution is -2.14. The molecule has 0 bridgehead atoms. The molecule has 0 aliphatic heterocycles. The van der Waals surface area contributed by atoms with E-state index in [-0.39, 0.29) is 17.7 Å². The fraction of sp³-hybridized carbons (Fsp3) is 0.227. The standard InChI is InChI=1S/C22H21N7O2/c1-11-12(2)28-29-19(11)22(31)25-16-7-15-8-17(26-20(15)24-10-16)14-5-6-23-18(9-14)27-21(30)13-3-4-13/h5-10,13H,3-4H2,1-2H3,(H,24,26)(H,25,31)(H,28,29)(H,23,27,30). The summed E-state index contributed by atoms with van der Waals surface area (Å²) in [6.07, 6.45) is 5.15. The van der Waals surface area contributed by atoms with Crippen LogP contribution in [0, 0.1) is 19.8 Å². The zero-order chi connectivity index (χ0) is 21.5. The lowest BCUT2D eigenvalue weighted by atomic mass is 10.2. The van der Waals surface area contributed by atoms with Crippen LogP contribution in [0.4, 0.5) is 11.5 Å². The van der Waals surface area contributed by atoms with Gasteiger partial charge in [-0.2, -0.15) is 5.10 Å². The van der Waals surface area contributed by atoms with E-state index in [4.69, 9.17) is 0 Å². The highest BCUT2D eigenvalue weighted by atomic mass is 16.2. The van der Waals surface area contributed by atoms with Gasteiger partial charge < -0.3 is 15.6 Å². The van der Waals surface area contributed by atoms with Gasteiger partial charge in [0.25, 0.3) is 5.91 Å². The van der Waals surface area contributed by atoms with Gasteiger partial charge in [0.05, 0.1) is 11.9 Å². The van der Waals surface area contributed by atoms with E-state index in [0.717, 1.165) is 40.7 Å². The number of carbonyl (C=O) groups is 2. The van der Waals surface area contributed by atoms with Crippen molar-refractivity contribution >= 4 is 34.4 Å². The summed E-state index contributed by atoms with van der Waals surface area (Å²) in [6, 6.07) is 7.50. The molecule has 0 aromatic carbocycles. The summed E-state index contributed by atoms with van der Waals surface area (Å²) in [5.74, 6) is 0.374. The number of fused-ring (bicyclic) bond motifs is 1. The van der Waals surface area contributed by atoms with Gasteiger partial charge in [0, 0.05) is 40.0 Å². The van der Waals surface area contributed by atoms with Gasteiger partial charge in [-0.1, -0.05) is 0 Å². The van der Waals surface area contributed by atoms with Crippen LogP contribution in [0.5, 0.6) is 0 Å². The number of aromatic amines is 2. The molecule has 4 heterocycles. The van der Waals surface area contributed by atoms with Gasteiger partial charge >= 0.3 is 0 Å². The summed E-state index contributed by atoms with van der Waals surface area (Å²) in [4.78, 5) is 36.4. The lowest BCUT2D eigenvalue weighted by Gasteiger charge is -2.04. The first-order chi connectivity index (χ1) is 15.0. The second-order valence-electron chi connectivity index (χ2n) is 7.81. The van der Waals surface area contributed by atoms with Crippen molar-refractivity contribution in [2.75, 3.05) is 10.6 Å². The monoisotopic (exact) mass is 415 g/mol. The molecule has 9 nitrogen and oxygen atoms in total. The Morgan fingerprint density at radius 2 is 1.94 bits per heavy atom. The molecule has 4 aromatic rings. The van der Waals surface area contributed by atoms with Crippen LogP contribution in [0.3, 0.4) is 0 Å². The van der Waals surface area contributed by atoms with Crippen LogP contribution in [0.25, 0.3) is 22.3 Å². The van der Waals surface area contributed by atoms with Crippen LogP contribution >= 0.6 is 0 Å². The molecule has 156 valence electrons. The number of nitrogens with zero attached hydrogens (tertiary/aromatic N) is 3. The minimum Gasteiger partial charge on any atom is -0.339 e. The van der Waals surface area contributed by atoms with E-state index in [0.29, 0.717) is 22.8 Å². The molecule has 2 amide bonds. The zero-order valence-corrected chi connectivity index (χ0v) is 17.1. The Balaban J connectivity index is 1.37. The Morgan fingerprint density at radius 3 is 2.68 bits per heavy atom. The number of anilines is 2. The van der Waals surface area contributed by atoms with E-state index >= 15 is 0 Å². The predicted octanol–water partition coefficient (Wildman–Crippen LogP) is 3.57. The summed E-state index contributed by atoms with van der Waals surface area (Å²) in [5, 5.41) is 13.4. The first kappa shape index (κ1) is 19.0. The summed E-state index contributed by atoms with van der Waals surface area (Å²) in [6.45, 7) is 3.72. The van der Waals surface area contributed by atoms with Crippen LogP contribution in [0.2, 0.25) is 0 Å². The van der Waals surface area contributed by atoms with Gasteiger partial charge in [0.2, 0.25) is 5.91 Å². The molecule has 1 aliphatic rings. The van der Waals surface area contributed by atoms with E-state index in [1.165, 1.54) is 0 Å².